The van der Waals surface area contributed by atoms with Crippen LogP contribution in [0.1, 0.15) is 18.1 Å². The Morgan fingerprint density at radius 3 is 2.19 bits per heavy atom. The minimum atomic E-state index is 0.0655. The molecule has 1 fully saturated rings. The Morgan fingerprint density at radius 2 is 1.56 bits per heavy atom. The van der Waals surface area contributed by atoms with Gasteiger partial charge in [0.2, 0.25) is 0 Å². The number of amides is 1. The van der Waals surface area contributed by atoms with Gasteiger partial charge < -0.3 is 19.3 Å². The minimum Gasteiger partial charge on any atom is -0.494 e. The van der Waals surface area contributed by atoms with E-state index in [4.69, 9.17) is 9.47 Å². The molecule has 0 unspecified atom stereocenters. The van der Waals surface area contributed by atoms with Gasteiger partial charge in [0.1, 0.15) is 18.0 Å². The quantitative estimate of drug-likeness (QED) is 0.808. The highest BCUT2D eigenvalue weighted by Crippen LogP contribution is 2.12. The molecular formula is C22H29N2O3+. The number of carbonyl (C=O) groups excluding carboxylic acids is 1. The summed E-state index contributed by atoms with van der Waals surface area (Å²) in [7, 11) is 0. The third-order valence-corrected chi connectivity index (χ3v) is 4.90. The van der Waals surface area contributed by atoms with E-state index in [-0.39, 0.29) is 12.5 Å². The number of benzene rings is 2. The van der Waals surface area contributed by atoms with Gasteiger partial charge in [-0.1, -0.05) is 17.7 Å². The van der Waals surface area contributed by atoms with Crippen molar-refractivity contribution in [1.82, 2.24) is 4.90 Å². The molecule has 1 aliphatic heterocycles. The molecule has 0 aromatic heterocycles. The Kier molecular flexibility index (Phi) is 6.71. The molecule has 1 saturated heterocycles. The predicted octanol–water partition coefficient (Wildman–Crippen LogP) is 1.70. The SMILES string of the molecule is CCOc1ccc(C[NH+]2CCN(C(=O)COc3ccc(C)cc3)CC2)cc1. The van der Waals surface area contributed by atoms with Gasteiger partial charge in [-0.15, -0.1) is 0 Å². The summed E-state index contributed by atoms with van der Waals surface area (Å²) < 4.78 is 11.1. The van der Waals surface area contributed by atoms with Crippen molar-refractivity contribution in [2.24, 2.45) is 0 Å². The van der Waals surface area contributed by atoms with Crippen LogP contribution < -0.4 is 14.4 Å². The predicted molar refractivity (Wildman–Crippen MR) is 105 cm³/mol. The summed E-state index contributed by atoms with van der Waals surface area (Å²) in [6.07, 6.45) is 0. The van der Waals surface area contributed by atoms with Gasteiger partial charge >= 0.3 is 0 Å². The Balaban J connectivity index is 1.41. The molecule has 1 N–H and O–H groups in total. The number of nitrogens with one attached hydrogen (secondary N) is 1. The topological polar surface area (TPSA) is 43.2 Å². The molecule has 1 aliphatic rings. The molecule has 0 atom stereocenters. The number of hydrogen-bond acceptors (Lipinski definition) is 3. The third-order valence-electron chi connectivity index (χ3n) is 4.90. The molecule has 2 aromatic carbocycles. The van der Waals surface area contributed by atoms with E-state index in [1.165, 1.54) is 16.0 Å². The molecule has 0 radical (unpaired) electrons. The van der Waals surface area contributed by atoms with Gasteiger partial charge in [0.15, 0.2) is 6.61 Å². The van der Waals surface area contributed by atoms with Crippen LogP contribution in [0.4, 0.5) is 0 Å². The lowest BCUT2D eigenvalue weighted by Crippen LogP contribution is -3.13. The van der Waals surface area contributed by atoms with Crippen molar-refractivity contribution in [1.29, 1.82) is 0 Å². The van der Waals surface area contributed by atoms with Crippen LogP contribution in [0, 0.1) is 6.92 Å². The van der Waals surface area contributed by atoms with Crippen molar-refractivity contribution in [2.75, 3.05) is 39.4 Å². The van der Waals surface area contributed by atoms with Crippen molar-refractivity contribution in [3.63, 3.8) is 0 Å². The van der Waals surface area contributed by atoms with Crippen molar-refractivity contribution in [3.05, 3.63) is 59.7 Å². The second-order valence-corrected chi connectivity index (χ2v) is 6.99. The Labute approximate surface area is 161 Å². The van der Waals surface area contributed by atoms with Gasteiger partial charge in [0, 0.05) is 5.56 Å². The summed E-state index contributed by atoms with van der Waals surface area (Å²) in [5.41, 5.74) is 2.48. The van der Waals surface area contributed by atoms with Crippen LogP contribution in [0.2, 0.25) is 0 Å². The van der Waals surface area contributed by atoms with E-state index in [1.54, 1.807) is 0 Å². The first-order chi connectivity index (χ1) is 13.1. The van der Waals surface area contributed by atoms with E-state index >= 15 is 0 Å². The molecule has 1 amide bonds. The van der Waals surface area contributed by atoms with Gasteiger partial charge in [0.05, 0.1) is 32.8 Å². The second kappa shape index (κ2) is 9.42. The smallest absolute Gasteiger partial charge is 0.260 e. The van der Waals surface area contributed by atoms with Crippen LogP contribution in [0.15, 0.2) is 48.5 Å². The van der Waals surface area contributed by atoms with Crippen molar-refractivity contribution >= 4 is 5.91 Å². The lowest BCUT2D eigenvalue weighted by molar-refractivity contribution is -0.917. The fourth-order valence-electron chi connectivity index (χ4n) is 3.28. The number of carbonyl (C=O) groups is 1. The van der Waals surface area contributed by atoms with Gasteiger partial charge in [-0.05, 0) is 50.2 Å². The Hall–Kier alpha value is -2.53. The first-order valence-corrected chi connectivity index (χ1v) is 9.66. The van der Waals surface area contributed by atoms with E-state index in [0.29, 0.717) is 6.61 Å². The molecule has 0 bridgehead atoms. The van der Waals surface area contributed by atoms with E-state index in [1.807, 2.05) is 55.1 Å². The minimum absolute atomic E-state index is 0.0655. The summed E-state index contributed by atoms with van der Waals surface area (Å²) in [4.78, 5) is 15.8. The third kappa shape index (κ3) is 5.73. The molecule has 0 aliphatic carbocycles. The molecule has 3 rings (SSSR count). The molecule has 1 heterocycles. The number of quaternary nitrogens is 1. The summed E-state index contributed by atoms with van der Waals surface area (Å²) in [6.45, 7) is 9.28. The van der Waals surface area contributed by atoms with Gasteiger partial charge in [-0.2, -0.15) is 0 Å². The van der Waals surface area contributed by atoms with Crippen molar-refractivity contribution in [2.45, 2.75) is 20.4 Å². The van der Waals surface area contributed by atoms with Crippen molar-refractivity contribution in [3.8, 4) is 11.5 Å². The number of hydrogen-bond donors (Lipinski definition) is 1. The van der Waals surface area contributed by atoms with E-state index in [0.717, 1.165) is 44.2 Å². The van der Waals surface area contributed by atoms with Gasteiger partial charge in [-0.3, -0.25) is 4.79 Å². The number of nitrogens with zero attached hydrogens (tertiary/aromatic N) is 1. The lowest BCUT2D eigenvalue weighted by atomic mass is 10.2. The standard InChI is InChI=1S/C22H28N2O3/c1-3-26-20-10-6-19(7-11-20)16-23-12-14-24(15-13-23)22(25)17-27-21-8-4-18(2)5-9-21/h4-11H,3,12-17H2,1-2H3/p+1. The average Bonchev–Trinajstić information content (AvgIpc) is 2.70. The summed E-state index contributed by atoms with van der Waals surface area (Å²) in [5.74, 6) is 1.73. The number of rotatable bonds is 7. The lowest BCUT2D eigenvalue weighted by Gasteiger charge is -2.32. The summed E-state index contributed by atoms with van der Waals surface area (Å²) >= 11 is 0. The maximum absolute atomic E-state index is 12.4. The monoisotopic (exact) mass is 369 g/mol. The van der Waals surface area contributed by atoms with Gasteiger partial charge in [-0.25, -0.2) is 0 Å². The second-order valence-electron chi connectivity index (χ2n) is 6.99. The highest BCUT2D eigenvalue weighted by molar-refractivity contribution is 5.77. The van der Waals surface area contributed by atoms with Crippen LogP contribution >= 0.6 is 0 Å². The van der Waals surface area contributed by atoms with Crippen LogP contribution in [-0.2, 0) is 11.3 Å². The highest BCUT2D eigenvalue weighted by atomic mass is 16.5. The van der Waals surface area contributed by atoms with Crippen LogP contribution in [-0.4, -0.2) is 50.2 Å². The van der Waals surface area contributed by atoms with E-state index in [9.17, 15) is 4.79 Å². The summed E-state index contributed by atoms with van der Waals surface area (Å²) in [6, 6.07) is 16.1. The van der Waals surface area contributed by atoms with Crippen LogP contribution in [0.25, 0.3) is 0 Å². The molecular weight excluding hydrogens is 340 g/mol. The van der Waals surface area contributed by atoms with E-state index in [2.05, 4.69) is 12.1 Å². The fourth-order valence-corrected chi connectivity index (χ4v) is 3.28. The van der Waals surface area contributed by atoms with Crippen LogP contribution in [0.3, 0.4) is 0 Å². The molecule has 5 nitrogen and oxygen atoms in total. The number of piperazine rings is 1. The number of ether oxygens (including phenoxy) is 2. The normalized spacial score (nSPS) is 14.8. The molecule has 144 valence electrons. The zero-order valence-electron chi connectivity index (χ0n) is 16.2. The number of aryl methyl sites for hydroxylation is 1. The highest BCUT2D eigenvalue weighted by Gasteiger charge is 2.24. The first-order valence-electron chi connectivity index (χ1n) is 9.66. The summed E-state index contributed by atoms with van der Waals surface area (Å²) in [5, 5.41) is 0. The zero-order valence-corrected chi connectivity index (χ0v) is 16.2. The molecule has 0 saturated carbocycles. The Morgan fingerprint density at radius 1 is 0.963 bits per heavy atom. The largest absolute Gasteiger partial charge is 0.494 e. The Bertz CT molecular complexity index is 720. The molecule has 2 aromatic rings. The van der Waals surface area contributed by atoms with Gasteiger partial charge in [0.25, 0.3) is 5.91 Å². The van der Waals surface area contributed by atoms with E-state index < -0.39 is 0 Å². The maximum atomic E-state index is 12.4. The molecule has 27 heavy (non-hydrogen) atoms. The molecule has 0 spiro atoms. The maximum Gasteiger partial charge on any atom is 0.260 e. The van der Waals surface area contributed by atoms with Crippen molar-refractivity contribution < 1.29 is 19.2 Å². The molecule has 5 heteroatoms. The zero-order chi connectivity index (χ0) is 19.1. The first kappa shape index (κ1) is 19.2. The fraction of sp³-hybridized carbons (Fsp3) is 0.409. The van der Waals surface area contributed by atoms with Crippen LogP contribution in [0.5, 0.6) is 11.5 Å². The average molecular weight is 369 g/mol.